The first-order valence-electron chi connectivity index (χ1n) is 18.1. The van der Waals surface area contributed by atoms with Crippen LogP contribution in [0.5, 0.6) is 0 Å². The van der Waals surface area contributed by atoms with Gasteiger partial charge in [0.1, 0.15) is 28.2 Å². The molecule has 0 spiro atoms. The number of nitrogens with one attached hydrogen (secondary N) is 4. The fourth-order valence-corrected chi connectivity index (χ4v) is 14.9. The fourth-order valence-electron chi connectivity index (χ4n) is 6.42. The van der Waals surface area contributed by atoms with Gasteiger partial charge in [0.2, 0.25) is 36.0 Å². The molecule has 59 heavy (non-hydrogen) atoms. The molecule has 2 heterocycles. The van der Waals surface area contributed by atoms with Gasteiger partial charge in [-0.2, -0.15) is 22.7 Å². The number of Topliss-reactive ketones (excluding diaryl/α,β-unsaturated/α-hetero) is 1. The maximum absolute atomic E-state index is 14.8. The number of alkyl halides is 3. The second-order valence-electron chi connectivity index (χ2n) is 15.2. The number of hydrogen-bond acceptors (Lipinski definition) is 15. The minimum Gasteiger partial charge on any atom is -0.320 e. The molecule has 1 aliphatic heterocycles. The van der Waals surface area contributed by atoms with Crippen LogP contribution in [0.25, 0.3) is 0 Å². The Hall–Kier alpha value is -2.46. The van der Waals surface area contributed by atoms with Gasteiger partial charge in [-0.25, -0.2) is 47.3 Å². The molecule has 0 radical (unpaired) electrons. The molecule has 1 aromatic heterocycles. The van der Waals surface area contributed by atoms with Gasteiger partial charge in [-0.05, 0) is 52.3 Å². The summed E-state index contributed by atoms with van der Waals surface area (Å²) < 4.78 is 187. The molecule has 23 nitrogen and oxygen atoms in total. The lowest BCUT2D eigenvalue weighted by molar-refractivity contribution is -0.119. The van der Waals surface area contributed by atoms with Crippen molar-refractivity contribution in [3.63, 3.8) is 0 Å². The Balaban J connectivity index is 2.70. The van der Waals surface area contributed by atoms with Crippen LogP contribution in [-0.2, 0) is 65.6 Å². The number of nitrogens with two attached hydrogens (primary N) is 1. The number of amides is 1. The normalized spacial score (nSPS) is 19.9. The van der Waals surface area contributed by atoms with Crippen molar-refractivity contribution < 1.29 is 66.6 Å². The lowest BCUT2D eigenvalue weighted by atomic mass is 9.75. The predicted octanol–water partition coefficient (Wildman–Crippen LogP) is -1.80. The molecule has 31 heteroatoms. The maximum atomic E-state index is 14.8. The van der Waals surface area contributed by atoms with E-state index in [2.05, 4.69) is 25.3 Å². The van der Waals surface area contributed by atoms with Crippen molar-refractivity contribution in [3.05, 3.63) is 5.82 Å². The Labute approximate surface area is 344 Å². The molecule has 5 atom stereocenters. The summed E-state index contributed by atoms with van der Waals surface area (Å²) in [5.74, 6) is -10.8. The van der Waals surface area contributed by atoms with Crippen LogP contribution < -0.4 is 20.5 Å². The quantitative estimate of drug-likeness (QED) is 0.0660. The van der Waals surface area contributed by atoms with Crippen LogP contribution in [-0.4, -0.2) is 161 Å². The number of hydrogen-bond donors (Lipinski definition) is 6. The molecule has 0 saturated carbocycles. The molecule has 7 N–H and O–H groups in total. The number of carbonyl (C=O) groups is 2. The molecule has 0 aromatic carbocycles. The third-order valence-electron chi connectivity index (χ3n) is 8.44. The highest BCUT2D eigenvalue weighted by atomic mass is 32.3. The summed E-state index contributed by atoms with van der Waals surface area (Å²) in [7, 11) is -22.3. The van der Waals surface area contributed by atoms with E-state index in [0.717, 1.165) is 41.8 Å². The Morgan fingerprint density at radius 1 is 1.08 bits per heavy atom. The van der Waals surface area contributed by atoms with E-state index in [1.54, 1.807) is 4.72 Å². The van der Waals surface area contributed by atoms with E-state index in [1.807, 2.05) is 5.32 Å². The van der Waals surface area contributed by atoms with Gasteiger partial charge in [0, 0.05) is 46.9 Å². The second kappa shape index (κ2) is 19.3. The van der Waals surface area contributed by atoms with Gasteiger partial charge in [-0.3, -0.25) is 14.0 Å². The molecule has 0 aliphatic carbocycles. The zero-order valence-electron chi connectivity index (χ0n) is 34.5. The Morgan fingerprint density at radius 2 is 1.68 bits per heavy atom. The molecule has 1 aromatic rings. The molecule has 2 rings (SSSR count). The lowest BCUT2D eigenvalue weighted by Crippen LogP contribution is -2.62. The Bertz CT molecular complexity index is 2280. The average molecular weight is 955 g/mol. The average Bonchev–Trinajstić information content (AvgIpc) is 3.76. The summed E-state index contributed by atoms with van der Waals surface area (Å²) in [6, 6.07) is -4.51. The number of H-pyrrole nitrogens is 1. The SMILES string of the molecule is [2H]C(C(C)(C)CC(F)(F)CCF)C(C)(N)C(NC(=O)CS(=O)(=O)NCS(=O)(=O)N(C(C)C)S(=O)(=O)N(C)C)=S(=O)(O)N1CCCC1C(NS(=O)(=O)Cc1nn[nH]n1)C(C)=O. The smallest absolute Gasteiger partial charge is 0.294 e. The minimum absolute atomic E-state index is 0.00996. The highest BCUT2D eigenvalue weighted by Gasteiger charge is 2.47. The van der Waals surface area contributed by atoms with E-state index in [4.69, 9.17) is 7.10 Å². The van der Waals surface area contributed by atoms with Crippen LogP contribution in [0.4, 0.5) is 13.2 Å². The van der Waals surface area contributed by atoms with E-state index in [-0.39, 0.29) is 22.4 Å². The highest BCUT2D eigenvalue weighted by molar-refractivity contribution is 8.03. The Kier molecular flexibility index (Phi) is 16.6. The summed E-state index contributed by atoms with van der Waals surface area (Å²) in [5, 5.41) is 14.3. The monoisotopic (exact) mass is 954 g/mol. The number of halogens is 3. The van der Waals surface area contributed by atoms with Gasteiger partial charge in [-0.1, -0.05) is 22.8 Å². The predicted molar refractivity (Wildman–Crippen MR) is 209 cm³/mol. The fraction of sp³-hybridized carbons (Fsp3) is 0.857. The number of tetrazole rings is 1. The first kappa shape index (κ1) is 50.9. The van der Waals surface area contributed by atoms with E-state index in [0.29, 0.717) is 8.61 Å². The largest absolute Gasteiger partial charge is 0.320 e. The molecule has 1 saturated heterocycles. The van der Waals surface area contributed by atoms with Gasteiger partial charge < -0.3 is 15.6 Å². The highest BCUT2D eigenvalue weighted by Crippen LogP contribution is 2.40. The van der Waals surface area contributed by atoms with Crippen molar-refractivity contribution in [2.45, 2.75) is 109 Å². The van der Waals surface area contributed by atoms with Crippen molar-refractivity contribution >= 4 is 66.9 Å². The van der Waals surface area contributed by atoms with E-state index < -0.39 is 152 Å². The van der Waals surface area contributed by atoms with Crippen LogP contribution >= 0.6 is 0 Å². The first-order chi connectivity index (χ1) is 27.0. The number of carbonyl (C=O) groups excluding carboxylic acids is 2. The van der Waals surface area contributed by atoms with E-state index >= 15 is 0 Å². The second-order valence-corrected chi connectivity index (χ2v) is 24.7. The molecular weight excluding hydrogens is 900 g/mol. The minimum atomic E-state index is -5.12. The number of sulfonamides is 3. The number of rotatable bonds is 23. The van der Waals surface area contributed by atoms with Crippen LogP contribution in [0, 0.1) is 5.41 Å². The van der Waals surface area contributed by atoms with Gasteiger partial charge in [0.05, 0.1) is 18.3 Å². The molecule has 0 bridgehead atoms. The number of ketones is 1. The van der Waals surface area contributed by atoms with Crippen LogP contribution in [0.1, 0.15) is 80.8 Å². The van der Waals surface area contributed by atoms with Gasteiger partial charge in [0.25, 0.3) is 16.1 Å². The third kappa shape index (κ3) is 14.6. The zero-order valence-corrected chi connectivity index (χ0v) is 37.6. The molecule has 344 valence electrons. The number of aromatic nitrogens is 4. The van der Waals surface area contributed by atoms with E-state index in [9.17, 15) is 65.2 Å². The molecule has 1 aliphatic rings. The molecule has 1 amide bonds. The van der Waals surface area contributed by atoms with Crippen LogP contribution in [0.2, 0.25) is 0 Å². The summed E-state index contributed by atoms with van der Waals surface area (Å²) in [6.07, 6.45) is -4.68. The standard InChI is InChI=1S/C28H54F3N11O12S5/c1-19(2)42(59(53,54)40(7)8)57(49,50)18-33-55(45,46)15-23(44)34-25(27(6,32)16-26(4,5)17-28(30,31)11-12-29)58(51,52)41-13-9-10-21(41)24(20(3)43)37-56(47,48)14-22-35-38-39-36-22/h19,21,24,33,37H,9-18,32H2,1-8H3,(H,34,44)(H,51,52)(H,35,36,38,39)/i16D. The Morgan fingerprint density at radius 3 is 2.17 bits per heavy atom. The molecule has 1 fully saturated rings. The van der Waals surface area contributed by atoms with Crippen molar-refractivity contribution in [1.29, 1.82) is 0 Å². The first-order valence-corrected chi connectivity index (χ1v) is 25.3. The number of nitrogens with zero attached hydrogens (tertiary/aromatic N) is 6. The van der Waals surface area contributed by atoms with Crippen molar-refractivity contribution in [2.75, 3.05) is 38.9 Å². The lowest BCUT2D eigenvalue weighted by Gasteiger charge is -2.40. The van der Waals surface area contributed by atoms with Crippen molar-refractivity contribution in [2.24, 2.45) is 11.1 Å². The topological polar surface area (TPSA) is 334 Å². The van der Waals surface area contributed by atoms with Gasteiger partial charge in [0.15, 0.2) is 15.8 Å². The number of aromatic amines is 1. The van der Waals surface area contributed by atoms with Gasteiger partial charge >= 0.3 is 0 Å². The molecular formula is C28H54F3N11O12S5. The van der Waals surface area contributed by atoms with Crippen LogP contribution in [0.3, 0.4) is 0 Å². The van der Waals surface area contributed by atoms with Crippen LogP contribution in [0.15, 0.2) is 0 Å². The summed E-state index contributed by atoms with van der Waals surface area (Å²) in [4.78, 5) is 25.2. The van der Waals surface area contributed by atoms with E-state index in [1.165, 1.54) is 13.8 Å². The van der Waals surface area contributed by atoms with Crippen molar-refractivity contribution in [1.82, 2.24) is 47.7 Å². The third-order valence-corrected chi connectivity index (χ3v) is 17.8. The summed E-state index contributed by atoms with van der Waals surface area (Å²) in [5.41, 5.74) is 1.88. The zero-order chi connectivity index (χ0) is 46.7. The van der Waals surface area contributed by atoms with Gasteiger partial charge in [-0.15, -0.1) is 10.2 Å². The molecule has 5 unspecified atom stereocenters. The summed E-state index contributed by atoms with van der Waals surface area (Å²) >= 11 is 0. The maximum Gasteiger partial charge on any atom is 0.294 e. The van der Waals surface area contributed by atoms with Crippen molar-refractivity contribution in [3.8, 4) is 0 Å². The summed E-state index contributed by atoms with van der Waals surface area (Å²) in [6.45, 7) is 4.58.